The molecule has 0 radical (unpaired) electrons. The van der Waals surface area contributed by atoms with Crippen LogP contribution in [-0.4, -0.2) is 17.0 Å². The van der Waals surface area contributed by atoms with Crippen molar-refractivity contribution in [3.8, 4) is 0 Å². The molecule has 0 fully saturated rings. The molecule has 1 aliphatic carbocycles. The predicted molar refractivity (Wildman–Crippen MR) is 75.0 cm³/mol. The number of aliphatic hydroxyl groups is 1. The van der Waals surface area contributed by atoms with Crippen molar-refractivity contribution in [2.24, 2.45) is 11.8 Å². The van der Waals surface area contributed by atoms with Crippen LogP contribution in [0.4, 0.5) is 0 Å². The highest BCUT2D eigenvalue weighted by atomic mass is 32.2. The first-order valence-corrected chi connectivity index (χ1v) is 7.29. The zero-order valence-corrected chi connectivity index (χ0v) is 11.1. The van der Waals surface area contributed by atoms with Gasteiger partial charge in [0.15, 0.2) is 0 Å². The molecule has 0 saturated carbocycles. The van der Waals surface area contributed by atoms with Crippen molar-refractivity contribution in [2.45, 2.75) is 24.3 Å². The van der Waals surface area contributed by atoms with Gasteiger partial charge in [0.05, 0.1) is 0 Å². The average Bonchev–Trinajstić information content (AvgIpc) is 2.37. The Hall–Kier alpha value is -0.730. The third-order valence-electron chi connectivity index (χ3n) is 3.48. The molecule has 1 aliphatic rings. The van der Waals surface area contributed by atoms with E-state index in [0.29, 0.717) is 23.7 Å². The Morgan fingerprint density at radius 2 is 2.06 bits per heavy atom. The van der Waals surface area contributed by atoms with E-state index in [2.05, 4.69) is 49.4 Å². The van der Waals surface area contributed by atoms with Gasteiger partial charge in [-0.2, -0.15) is 11.8 Å². The SMILES string of the molecule is C[C@H]1C=CC[C@@H](SCc2ccccc2)[C@H]1CO. The van der Waals surface area contributed by atoms with Crippen LogP contribution in [0.3, 0.4) is 0 Å². The highest BCUT2D eigenvalue weighted by molar-refractivity contribution is 7.99. The van der Waals surface area contributed by atoms with E-state index in [-0.39, 0.29) is 0 Å². The van der Waals surface area contributed by atoms with Gasteiger partial charge in [-0.3, -0.25) is 0 Å². The van der Waals surface area contributed by atoms with Gasteiger partial charge in [0, 0.05) is 23.5 Å². The summed E-state index contributed by atoms with van der Waals surface area (Å²) >= 11 is 1.98. The maximum Gasteiger partial charge on any atom is 0.0475 e. The van der Waals surface area contributed by atoms with Crippen LogP contribution in [0.2, 0.25) is 0 Å². The molecule has 0 aliphatic heterocycles. The van der Waals surface area contributed by atoms with Gasteiger partial charge in [-0.15, -0.1) is 0 Å². The summed E-state index contributed by atoms with van der Waals surface area (Å²) in [6.07, 6.45) is 5.59. The van der Waals surface area contributed by atoms with Crippen molar-refractivity contribution in [3.63, 3.8) is 0 Å². The number of aliphatic hydroxyl groups excluding tert-OH is 1. The van der Waals surface area contributed by atoms with Gasteiger partial charge in [-0.1, -0.05) is 49.4 Å². The Kier molecular flexibility index (Phi) is 4.69. The largest absolute Gasteiger partial charge is 0.396 e. The van der Waals surface area contributed by atoms with Crippen LogP contribution in [0.15, 0.2) is 42.5 Å². The normalized spacial score (nSPS) is 28.2. The van der Waals surface area contributed by atoms with E-state index in [1.165, 1.54) is 5.56 Å². The number of hydrogen-bond donors (Lipinski definition) is 1. The fourth-order valence-electron chi connectivity index (χ4n) is 2.34. The van der Waals surface area contributed by atoms with E-state index in [4.69, 9.17) is 0 Å². The maximum atomic E-state index is 9.48. The van der Waals surface area contributed by atoms with Crippen LogP contribution >= 0.6 is 11.8 Å². The van der Waals surface area contributed by atoms with Crippen LogP contribution in [0.1, 0.15) is 18.9 Å². The van der Waals surface area contributed by atoms with E-state index in [1.54, 1.807) is 0 Å². The van der Waals surface area contributed by atoms with Crippen molar-refractivity contribution in [2.75, 3.05) is 6.61 Å². The minimum Gasteiger partial charge on any atom is -0.396 e. The third kappa shape index (κ3) is 3.36. The molecule has 17 heavy (non-hydrogen) atoms. The molecule has 1 aromatic rings. The van der Waals surface area contributed by atoms with E-state index in [0.717, 1.165) is 12.2 Å². The van der Waals surface area contributed by atoms with Gasteiger partial charge in [0.25, 0.3) is 0 Å². The Morgan fingerprint density at radius 1 is 1.29 bits per heavy atom. The van der Waals surface area contributed by atoms with Gasteiger partial charge in [0.1, 0.15) is 0 Å². The van der Waals surface area contributed by atoms with Gasteiger partial charge < -0.3 is 5.11 Å². The maximum absolute atomic E-state index is 9.48. The standard InChI is InChI=1S/C15H20OS/c1-12-6-5-9-15(14(12)10-16)17-11-13-7-3-2-4-8-13/h2-8,12,14-16H,9-11H2,1H3/t12-,14-,15+/m0/s1. The molecule has 1 aromatic carbocycles. The number of allylic oxidation sites excluding steroid dienone is 2. The Morgan fingerprint density at radius 3 is 2.76 bits per heavy atom. The van der Waals surface area contributed by atoms with Crippen LogP contribution in [0, 0.1) is 11.8 Å². The van der Waals surface area contributed by atoms with Gasteiger partial charge in [-0.25, -0.2) is 0 Å². The molecule has 1 nitrogen and oxygen atoms in total. The lowest BCUT2D eigenvalue weighted by molar-refractivity contribution is 0.192. The predicted octanol–water partition coefficient (Wildman–Crippen LogP) is 3.49. The summed E-state index contributed by atoms with van der Waals surface area (Å²) in [5, 5.41) is 10.0. The number of benzene rings is 1. The molecule has 0 spiro atoms. The van der Waals surface area contributed by atoms with Crippen molar-refractivity contribution in [3.05, 3.63) is 48.0 Å². The van der Waals surface area contributed by atoms with Gasteiger partial charge in [0.2, 0.25) is 0 Å². The monoisotopic (exact) mass is 248 g/mol. The van der Waals surface area contributed by atoms with Crippen LogP contribution in [0.5, 0.6) is 0 Å². The van der Waals surface area contributed by atoms with Crippen LogP contribution in [0.25, 0.3) is 0 Å². The molecule has 2 rings (SSSR count). The summed E-state index contributed by atoms with van der Waals surface area (Å²) in [5.41, 5.74) is 1.37. The molecule has 0 heterocycles. The van der Waals surface area contributed by atoms with E-state index in [1.807, 2.05) is 11.8 Å². The summed E-state index contributed by atoms with van der Waals surface area (Å²) in [6, 6.07) is 10.6. The minimum atomic E-state index is 0.304. The van der Waals surface area contributed by atoms with Crippen molar-refractivity contribution in [1.29, 1.82) is 0 Å². The third-order valence-corrected chi connectivity index (χ3v) is 4.95. The first kappa shape index (κ1) is 12.7. The van der Waals surface area contributed by atoms with E-state index in [9.17, 15) is 5.11 Å². The zero-order valence-electron chi connectivity index (χ0n) is 10.3. The molecule has 0 amide bonds. The molecule has 2 heteroatoms. The van der Waals surface area contributed by atoms with Gasteiger partial charge >= 0.3 is 0 Å². The summed E-state index contributed by atoms with van der Waals surface area (Å²) in [5.74, 6) is 1.96. The average molecular weight is 248 g/mol. The molecular formula is C15H20OS. The molecule has 1 N–H and O–H groups in total. The van der Waals surface area contributed by atoms with Crippen molar-refractivity contribution < 1.29 is 5.11 Å². The lowest BCUT2D eigenvalue weighted by Crippen LogP contribution is -2.29. The fraction of sp³-hybridized carbons (Fsp3) is 0.467. The van der Waals surface area contributed by atoms with Crippen LogP contribution < -0.4 is 0 Å². The van der Waals surface area contributed by atoms with Crippen molar-refractivity contribution >= 4 is 11.8 Å². The summed E-state index contributed by atoms with van der Waals surface area (Å²) < 4.78 is 0. The summed E-state index contributed by atoms with van der Waals surface area (Å²) in [6.45, 7) is 2.50. The van der Waals surface area contributed by atoms with Gasteiger partial charge in [-0.05, 0) is 17.9 Å². The molecular weight excluding hydrogens is 228 g/mol. The van der Waals surface area contributed by atoms with E-state index < -0.39 is 0 Å². The molecule has 0 bridgehead atoms. The quantitative estimate of drug-likeness (QED) is 0.823. The number of rotatable bonds is 4. The summed E-state index contributed by atoms with van der Waals surface area (Å²) in [7, 11) is 0. The second kappa shape index (κ2) is 6.27. The topological polar surface area (TPSA) is 20.2 Å². The first-order chi connectivity index (χ1) is 8.31. The summed E-state index contributed by atoms with van der Waals surface area (Å²) in [4.78, 5) is 0. The zero-order chi connectivity index (χ0) is 12.1. The smallest absolute Gasteiger partial charge is 0.0475 e. The van der Waals surface area contributed by atoms with Crippen molar-refractivity contribution in [1.82, 2.24) is 0 Å². The van der Waals surface area contributed by atoms with Crippen LogP contribution in [-0.2, 0) is 5.75 Å². The van der Waals surface area contributed by atoms with E-state index >= 15 is 0 Å². The molecule has 0 aromatic heterocycles. The Labute approximate surface area is 108 Å². The second-order valence-electron chi connectivity index (χ2n) is 4.70. The lowest BCUT2D eigenvalue weighted by atomic mass is 9.85. The molecule has 3 atom stereocenters. The minimum absolute atomic E-state index is 0.304. The Bertz CT molecular complexity index is 360. The highest BCUT2D eigenvalue weighted by Crippen LogP contribution is 2.34. The first-order valence-electron chi connectivity index (χ1n) is 6.24. The number of thioether (sulfide) groups is 1. The highest BCUT2D eigenvalue weighted by Gasteiger charge is 2.27. The molecule has 92 valence electrons. The lowest BCUT2D eigenvalue weighted by Gasteiger charge is -2.31. The Balaban J connectivity index is 1.92. The second-order valence-corrected chi connectivity index (χ2v) is 5.93. The fourth-order valence-corrected chi connectivity index (χ4v) is 3.76. The number of hydrogen-bond acceptors (Lipinski definition) is 2. The molecule has 0 unspecified atom stereocenters. The molecule has 0 saturated heterocycles.